The summed E-state index contributed by atoms with van der Waals surface area (Å²) >= 11 is 0. The highest BCUT2D eigenvalue weighted by molar-refractivity contribution is 5.63. The number of nitrogens with zero attached hydrogens (tertiary/aromatic N) is 2. The molecule has 140 valence electrons. The lowest BCUT2D eigenvalue weighted by Gasteiger charge is -2.12. The van der Waals surface area contributed by atoms with Gasteiger partial charge in [0.25, 0.3) is 0 Å². The minimum Gasteiger partial charge on any atom is -0.340 e. The van der Waals surface area contributed by atoms with Crippen molar-refractivity contribution in [1.82, 2.24) is 9.97 Å². The van der Waals surface area contributed by atoms with Crippen molar-refractivity contribution in [2.45, 2.75) is 13.1 Å². The Morgan fingerprint density at radius 1 is 0.815 bits per heavy atom. The minimum absolute atomic E-state index is 0.0231. The molecule has 0 aliphatic heterocycles. The van der Waals surface area contributed by atoms with Crippen molar-refractivity contribution in [2.75, 3.05) is 10.6 Å². The molecular weight excluding hydrogens is 367 g/mol. The third kappa shape index (κ3) is 4.69. The highest BCUT2D eigenvalue weighted by Crippen LogP contribution is 2.30. The number of anilines is 4. The van der Waals surface area contributed by atoms with Gasteiger partial charge in [0.05, 0.1) is 11.3 Å². The topological polar surface area (TPSA) is 49.8 Å². The first-order valence-electron chi connectivity index (χ1n) is 7.73. The normalized spacial score (nSPS) is 11.3. The lowest BCUT2D eigenvalue weighted by atomic mass is 10.2. The van der Waals surface area contributed by atoms with Crippen LogP contribution < -0.4 is 10.6 Å². The van der Waals surface area contributed by atoms with E-state index in [1.54, 1.807) is 6.92 Å². The minimum atomic E-state index is -4.42. The van der Waals surface area contributed by atoms with E-state index in [0.717, 1.165) is 24.3 Å². The zero-order valence-corrected chi connectivity index (χ0v) is 13.9. The summed E-state index contributed by atoms with van der Waals surface area (Å²) in [7, 11) is 0. The fourth-order valence-electron chi connectivity index (χ4n) is 2.32. The maximum atomic E-state index is 13.8. The summed E-state index contributed by atoms with van der Waals surface area (Å²) < 4.78 is 64.6. The first-order chi connectivity index (χ1) is 12.7. The van der Waals surface area contributed by atoms with Gasteiger partial charge in [-0.1, -0.05) is 0 Å². The second-order valence-corrected chi connectivity index (χ2v) is 5.63. The summed E-state index contributed by atoms with van der Waals surface area (Å²) in [5, 5.41) is 5.57. The second-order valence-electron chi connectivity index (χ2n) is 5.63. The van der Waals surface area contributed by atoms with Crippen molar-refractivity contribution < 1.29 is 22.0 Å². The van der Waals surface area contributed by atoms with Crippen molar-refractivity contribution in [3.8, 4) is 0 Å². The summed E-state index contributed by atoms with van der Waals surface area (Å²) in [5.74, 6) is -0.614. The maximum Gasteiger partial charge on any atom is 0.416 e. The summed E-state index contributed by atoms with van der Waals surface area (Å²) in [6.45, 7) is 1.60. The molecule has 0 radical (unpaired) electrons. The molecule has 0 saturated heterocycles. The van der Waals surface area contributed by atoms with E-state index in [0.29, 0.717) is 17.3 Å². The van der Waals surface area contributed by atoms with Crippen LogP contribution >= 0.6 is 0 Å². The molecule has 0 aliphatic rings. The van der Waals surface area contributed by atoms with Gasteiger partial charge in [-0.25, -0.2) is 18.7 Å². The van der Waals surface area contributed by atoms with Gasteiger partial charge in [-0.05, 0) is 43.3 Å². The van der Waals surface area contributed by atoms with Gasteiger partial charge in [0.2, 0.25) is 0 Å². The van der Waals surface area contributed by atoms with Gasteiger partial charge in [0.15, 0.2) is 0 Å². The van der Waals surface area contributed by atoms with Gasteiger partial charge in [0.1, 0.15) is 29.1 Å². The molecule has 0 spiro atoms. The van der Waals surface area contributed by atoms with Crippen LogP contribution in [0.25, 0.3) is 0 Å². The average Bonchev–Trinajstić information content (AvgIpc) is 2.57. The second kappa shape index (κ2) is 7.18. The SMILES string of the molecule is Cc1nc(Nc2ccc(C(F)(F)F)cc2)cc(Nc2ccc(F)cc2F)n1. The molecule has 0 saturated carbocycles. The largest absolute Gasteiger partial charge is 0.416 e. The predicted octanol–water partition coefficient (Wildman–Crippen LogP) is 5.57. The van der Waals surface area contributed by atoms with Crippen molar-refractivity contribution in [2.24, 2.45) is 0 Å². The molecule has 0 bridgehead atoms. The van der Waals surface area contributed by atoms with Crippen LogP contribution in [0.1, 0.15) is 11.4 Å². The van der Waals surface area contributed by atoms with Crippen LogP contribution in [0.5, 0.6) is 0 Å². The van der Waals surface area contributed by atoms with E-state index in [9.17, 15) is 22.0 Å². The Morgan fingerprint density at radius 2 is 1.44 bits per heavy atom. The highest BCUT2D eigenvalue weighted by atomic mass is 19.4. The molecule has 0 fully saturated rings. The zero-order valence-electron chi connectivity index (χ0n) is 13.9. The van der Waals surface area contributed by atoms with Crippen molar-refractivity contribution in [3.05, 3.63) is 71.6 Å². The first kappa shape index (κ1) is 18.6. The van der Waals surface area contributed by atoms with Gasteiger partial charge in [-0.2, -0.15) is 13.2 Å². The Labute approximate surface area is 151 Å². The third-order valence-electron chi connectivity index (χ3n) is 3.52. The molecule has 3 rings (SSSR count). The van der Waals surface area contributed by atoms with Crippen LogP contribution in [0.2, 0.25) is 0 Å². The molecule has 1 heterocycles. The van der Waals surface area contributed by atoms with Crippen molar-refractivity contribution in [3.63, 3.8) is 0 Å². The molecule has 0 unspecified atom stereocenters. The maximum absolute atomic E-state index is 13.8. The summed E-state index contributed by atoms with van der Waals surface area (Å²) in [6, 6.07) is 8.95. The van der Waals surface area contributed by atoms with E-state index in [4.69, 9.17) is 0 Å². The number of rotatable bonds is 4. The van der Waals surface area contributed by atoms with Gasteiger partial charge < -0.3 is 10.6 Å². The van der Waals surface area contributed by atoms with Gasteiger partial charge >= 0.3 is 6.18 Å². The molecule has 2 aromatic carbocycles. The molecule has 9 heteroatoms. The number of nitrogens with one attached hydrogen (secondary N) is 2. The summed E-state index contributed by atoms with van der Waals surface area (Å²) in [4.78, 5) is 8.25. The van der Waals surface area contributed by atoms with Crippen LogP contribution in [0.3, 0.4) is 0 Å². The van der Waals surface area contributed by atoms with Gasteiger partial charge in [0, 0.05) is 17.8 Å². The summed E-state index contributed by atoms with van der Waals surface area (Å²) in [6.07, 6.45) is -4.42. The Balaban J connectivity index is 1.81. The Hall–Kier alpha value is -3.23. The number of aryl methyl sites for hydroxylation is 1. The molecule has 1 aromatic heterocycles. The Kier molecular flexibility index (Phi) is 4.93. The van der Waals surface area contributed by atoms with E-state index in [1.807, 2.05) is 0 Å². The molecule has 0 aliphatic carbocycles. The van der Waals surface area contributed by atoms with E-state index in [-0.39, 0.29) is 11.5 Å². The number of hydrogen-bond acceptors (Lipinski definition) is 4. The van der Waals surface area contributed by atoms with Crippen LogP contribution in [0.4, 0.5) is 45.0 Å². The first-order valence-corrected chi connectivity index (χ1v) is 7.73. The molecular formula is C18H13F5N4. The Morgan fingerprint density at radius 3 is 2.04 bits per heavy atom. The lowest BCUT2D eigenvalue weighted by Crippen LogP contribution is -2.05. The van der Waals surface area contributed by atoms with E-state index in [1.165, 1.54) is 24.3 Å². The highest BCUT2D eigenvalue weighted by Gasteiger charge is 2.29. The molecule has 2 N–H and O–H groups in total. The van der Waals surface area contributed by atoms with Crippen molar-refractivity contribution >= 4 is 23.0 Å². The number of alkyl halides is 3. The Bertz CT molecular complexity index is 955. The van der Waals surface area contributed by atoms with Crippen molar-refractivity contribution in [1.29, 1.82) is 0 Å². The zero-order chi connectivity index (χ0) is 19.6. The lowest BCUT2D eigenvalue weighted by molar-refractivity contribution is -0.137. The smallest absolute Gasteiger partial charge is 0.340 e. The van der Waals surface area contributed by atoms with Gasteiger partial charge in [-0.15, -0.1) is 0 Å². The molecule has 27 heavy (non-hydrogen) atoms. The standard InChI is InChI=1S/C18H13F5N4/c1-10-24-16(26-13-5-2-11(3-6-13)18(21,22)23)9-17(25-10)27-15-7-4-12(19)8-14(15)20/h2-9H,1H3,(H2,24,25,26,27). The molecule has 0 amide bonds. The summed E-state index contributed by atoms with van der Waals surface area (Å²) in [5.41, 5.74) is -0.351. The quantitative estimate of drug-likeness (QED) is 0.581. The molecule has 3 aromatic rings. The number of hydrogen-bond donors (Lipinski definition) is 2. The average molecular weight is 380 g/mol. The predicted molar refractivity (Wildman–Crippen MR) is 91.1 cm³/mol. The van der Waals surface area contributed by atoms with Crippen LogP contribution in [0.15, 0.2) is 48.5 Å². The molecule has 4 nitrogen and oxygen atoms in total. The van der Waals surface area contributed by atoms with Crippen LogP contribution in [-0.4, -0.2) is 9.97 Å². The fourth-order valence-corrected chi connectivity index (χ4v) is 2.32. The monoisotopic (exact) mass is 380 g/mol. The third-order valence-corrected chi connectivity index (χ3v) is 3.52. The van der Waals surface area contributed by atoms with E-state index < -0.39 is 23.4 Å². The van der Waals surface area contributed by atoms with Crippen LogP contribution in [0, 0.1) is 18.6 Å². The van der Waals surface area contributed by atoms with E-state index in [2.05, 4.69) is 20.6 Å². The molecule has 0 atom stereocenters. The fraction of sp³-hybridized carbons (Fsp3) is 0.111. The van der Waals surface area contributed by atoms with Crippen LogP contribution in [-0.2, 0) is 6.18 Å². The number of aromatic nitrogens is 2. The van der Waals surface area contributed by atoms with E-state index >= 15 is 0 Å². The number of benzene rings is 2. The number of halogens is 5. The van der Waals surface area contributed by atoms with Gasteiger partial charge in [-0.3, -0.25) is 0 Å².